The number of esters is 1. The van der Waals surface area contributed by atoms with Gasteiger partial charge in [-0.1, -0.05) is 18.2 Å². The van der Waals surface area contributed by atoms with Crippen LogP contribution in [0.3, 0.4) is 0 Å². The van der Waals surface area contributed by atoms with Crippen molar-refractivity contribution in [2.24, 2.45) is 0 Å². The minimum Gasteiger partial charge on any atom is -0.465 e. The lowest BCUT2D eigenvalue weighted by atomic mass is 9.73. The molecule has 0 spiro atoms. The summed E-state index contributed by atoms with van der Waals surface area (Å²) in [7, 11) is 0. The summed E-state index contributed by atoms with van der Waals surface area (Å²) in [6.45, 7) is 2.81. The fourth-order valence-corrected chi connectivity index (χ4v) is 2.69. The monoisotopic (exact) mass is 301 g/mol. The van der Waals surface area contributed by atoms with Crippen molar-refractivity contribution < 1.29 is 22.7 Å². The highest BCUT2D eigenvalue weighted by molar-refractivity contribution is 5.66. The minimum absolute atomic E-state index is 0.116. The van der Waals surface area contributed by atoms with E-state index in [2.05, 4.69) is 5.32 Å². The van der Waals surface area contributed by atoms with Gasteiger partial charge in [-0.15, -0.1) is 0 Å². The normalized spacial score (nSPS) is 18.3. The van der Waals surface area contributed by atoms with E-state index in [4.69, 9.17) is 4.74 Å². The van der Waals surface area contributed by atoms with Gasteiger partial charge in [-0.25, -0.2) is 0 Å². The Bertz CT molecular complexity index is 508. The Hall–Kier alpha value is -1.56. The molecule has 1 saturated heterocycles. The lowest BCUT2D eigenvalue weighted by Crippen LogP contribution is -2.43. The van der Waals surface area contributed by atoms with Crippen LogP contribution in [0.1, 0.15) is 30.9 Å². The molecule has 1 aromatic carbocycles. The van der Waals surface area contributed by atoms with Gasteiger partial charge < -0.3 is 10.1 Å². The van der Waals surface area contributed by atoms with Gasteiger partial charge in [0.1, 0.15) is 6.61 Å². The molecule has 1 heterocycles. The van der Waals surface area contributed by atoms with Gasteiger partial charge in [0, 0.05) is 12.3 Å². The summed E-state index contributed by atoms with van der Waals surface area (Å²) >= 11 is 0. The van der Waals surface area contributed by atoms with Crippen molar-refractivity contribution >= 4 is 5.97 Å². The van der Waals surface area contributed by atoms with E-state index in [9.17, 15) is 18.0 Å². The number of carbonyl (C=O) groups is 1. The standard InChI is InChI=1S/C15H18F3NO2/c1-11(20)21-10-14(5-7-19-8-6-14)12-3-2-4-13(9-12)15(16,17)18/h2-4,9,19H,5-8,10H2,1H3. The molecule has 1 fully saturated rings. The fourth-order valence-electron chi connectivity index (χ4n) is 2.69. The highest BCUT2D eigenvalue weighted by Gasteiger charge is 2.37. The van der Waals surface area contributed by atoms with Gasteiger partial charge in [0.2, 0.25) is 0 Å². The Balaban J connectivity index is 2.34. The first-order valence-electron chi connectivity index (χ1n) is 6.85. The van der Waals surface area contributed by atoms with Gasteiger partial charge in [0.15, 0.2) is 0 Å². The number of hydrogen-bond donors (Lipinski definition) is 1. The van der Waals surface area contributed by atoms with Crippen LogP contribution in [0.5, 0.6) is 0 Å². The molecule has 0 atom stereocenters. The molecule has 21 heavy (non-hydrogen) atoms. The zero-order chi connectivity index (χ0) is 15.5. The van der Waals surface area contributed by atoms with E-state index in [-0.39, 0.29) is 6.61 Å². The minimum atomic E-state index is -4.37. The first-order valence-corrected chi connectivity index (χ1v) is 6.85. The largest absolute Gasteiger partial charge is 0.465 e. The number of benzene rings is 1. The number of hydrogen-bond acceptors (Lipinski definition) is 3. The number of nitrogens with one attached hydrogen (secondary N) is 1. The predicted octanol–water partition coefficient (Wildman–Crippen LogP) is 2.89. The van der Waals surface area contributed by atoms with E-state index in [0.717, 1.165) is 6.07 Å². The predicted molar refractivity (Wildman–Crippen MR) is 71.9 cm³/mol. The Kier molecular flexibility index (Phi) is 4.56. The van der Waals surface area contributed by atoms with Crippen LogP contribution in [-0.4, -0.2) is 25.7 Å². The molecule has 0 aromatic heterocycles. The summed E-state index contributed by atoms with van der Waals surface area (Å²) in [4.78, 5) is 11.1. The molecule has 0 saturated carbocycles. The van der Waals surface area contributed by atoms with Gasteiger partial charge in [0.25, 0.3) is 0 Å². The molecule has 2 rings (SSSR count). The molecule has 1 aromatic rings. The second-order valence-electron chi connectivity index (χ2n) is 5.39. The topological polar surface area (TPSA) is 38.3 Å². The van der Waals surface area contributed by atoms with Crippen LogP contribution in [0.4, 0.5) is 13.2 Å². The highest BCUT2D eigenvalue weighted by atomic mass is 19.4. The smallest absolute Gasteiger partial charge is 0.416 e. The van der Waals surface area contributed by atoms with E-state index < -0.39 is 23.1 Å². The van der Waals surface area contributed by atoms with Crippen LogP contribution >= 0.6 is 0 Å². The molecule has 3 nitrogen and oxygen atoms in total. The summed E-state index contributed by atoms with van der Waals surface area (Å²) < 4.78 is 43.7. The van der Waals surface area contributed by atoms with Crippen LogP contribution in [0.2, 0.25) is 0 Å². The molecule has 0 aliphatic carbocycles. The molecule has 1 aliphatic heterocycles. The zero-order valence-corrected chi connectivity index (χ0v) is 11.8. The van der Waals surface area contributed by atoms with E-state index in [0.29, 0.717) is 31.5 Å². The van der Waals surface area contributed by atoms with E-state index >= 15 is 0 Å². The average Bonchev–Trinajstić information content (AvgIpc) is 2.45. The quantitative estimate of drug-likeness (QED) is 0.873. The number of piperidine rings is 1. The van der Waals surface area contributed by atoms with Crippen molar-refractivity contribution in [1.82, 2.24) is 5.32 Å². The Labute approximate surface area is 121 Å². The van der Waals surface area contributed by atoms with E-state index in [1.165, 1.54) is 19.1 Å². The summed E-state index contributed by atoms with van der Waals surface area (Å²) in [5.74, 6) is -0.417. The molecule has 0 unspecified atom stereocenters. The molecule has 116 valence electrons. The molecule has 1 N–H and O–H groups in total. The number of carbonyl (C=O) groups excluding carboxylic acids is 1. The first-order chi connectivity index (χ1) is 9.83. The van der Waals surface area contributed by atoms with Crippen LogP contribution in [0.25, 0.3) is 0 Å². The van der Waals surface area contributed by atoms with Crippen LogP contribution in [0, 0.1) is 0 Å². The molecule has 1 aliphatic rings. The number of alkyl halides is 3. The summed E-state index contributed by atoms with van der Waals surface area (Å²) in [6.07, 6.45) is -3.09. The fraction of sp³-hybridized carbons (Fsp3) is 0.533. The first kappa shape index (κ1) is 15.8. The third-order valence-corrected chi connectivity index (χ3v) is 3.91. The molecule has 0 bridgehead atoms. The van der Waals surface area contributed by atoms with Crippen LogP contribution in [0.15, 0.2) is 24.3 Å². The molecule has 0 radical (unpaired) electrons. The van der Waals surface area contributed by atoms with Crippen molar-refractivity contribution in [1.29, 1.82) is 0 Å². The van der Waals surface area contributed by atoms with Crippen molar-refractivity contribution in [2.75, 3.05) is 19.7 Å². The lowest BCUT2D eigenvalue weighted by Gasteiger charge is -2.37. The Morgan fingerprint density at radius 2 is 2.00 bits per heavy atom. The second-order valence-corrected chi connectivity index (χ2v) is 5.39. The van der Waals surface area contributed by atoms with E-state index in [1.807, 2.05) is 0 Å². The second kappa shape index (κ2) is 6.05. The van der Waals surface area contributed by atoms with Crippen LogP contribution in [-0.2, 0) is 21.1 Å². The van der Waals surface area contributed by atoms with Gasteiger partial charge in [0.05, 0.1) is 5.56 Å². The van der Waals surface area contributed by atoms with Gasteiger partial charge in [-0.05, 0) is 37.6 Å². The Morgan fingerprint density at radius 3 is 2.57 bits per heavy atom. The lowest BCUT2D eigenvalue weighted by molar-refractivity contribution is -0.143. The maximum absolute atomic E-state index is 12.9. The van der Waals surface area contributed by atoms with Crippen molar-refractivity contribution in [3.8, 4) is 0 Å². The van der Waals surface area contributed by atoms with Gasteiger partial charge >= 0.3 is 12.1 Å². The Morgan fingerprint density at radius 1 is 1.33 bits per heavy atom. The number of halogens is 3. The van der Waals surface area contributed by atoms with Gasteiger partial charge in [-0.2, -0.15) is 13.2 Å². The number of ether oxygens (including phenoxy) is 1. The highest BCUT2D eigenvalue weighted by Crippen LogP contribution is 2.37. The maximum atomic E-state index is 12.9. The van der Waals surface area contributed by atoms with E-state index in [1.54, 1.807) is 6.07 Å². The molecular formula is C15H18F3NO2. The summed E-state index contributed by atoms with van der Waals surface area (Å²) in [5, 5.41) is 3.18. The third kappa shape index (κ3) is 3.75. The third-order valence-electron chi connectivity index (χ3n) is 3.91. The van der Waals surface area contributed by atoms with Crippen molar-refractivity contribution in [3.05, 3.63) is 35.4 Å². The molecule has 6 heteroatoms. The van der Waals surface area contributed by atoms with Gasteiger partial charge in [-0.3, -0.25) is 4.79 Å². The summed E-state index contributed by atoms with van der Waals surface area (Å²) in [5.41, 5.74) is -0.626. The summed E-state index contributed by atoms with van der Waals surface area (Å²) in [6, 6.07) is 5.33. The van der Waals surface area contributed by atoms with Crippen molar-refractivity contribution in [2.45, 2.75) is 31.4 Å². The van der Waals surface area contributed by atoms with Crippen molar-refractivity contribution in [3.63, 3.8) is 0 Å². The molecular weight excluding hydrogens is 283 g/mol. The average molecular weight is 301 g/mol. The van der Waals surface area contributed by atoms with Crippen LogP contribution < -0.4 is 5.32 Å². The maximum Gasteiger partial charge on any atom is 0.416 e. The zero-order valence-electron chi connectivity index (χ0n) is 11.8. The SMILES string of the molecule is CC(=O)OCC1(c2cccc(C(F)(F)F)c2)CCNCC1. The number of rotatable bonds is 3. The molecule has 0 amide bonds.